The molecule has 1 aromatic rings. The van der Waals surface area contributed by atoms with Crippen molar-refractivity contribution in [3.8, 4) is 0 Å². The van der Waals surface area contributed by atoms with Crippen LogP contribution in [0.25, 0.3) is 0 Å². The average molecular weight is 520 g/mol. The van der Waals surface area contributed by atoms with Gasteiger partial charge in [0.2, 0.25) is 23.6 Å². The molecular weight excluding hydrogens is 478 g/mol. The summed E-state index contributed by atoms with van der Waals surface area (Å²) in [7, 11) is 0. The molecule has 1 aromatic carbocycles. The van der Waals surface area contributed by atoms with E-state index in [2.05, 4.69) is 16.0 Å². The van der Waals surface area contributed by atoms with Gasteiger partial charge in [-0.3, -0.25) is 19.2 Å². The van der Waals surface area contributed by atoms with E-state index in [0.717, 1.165) is 5.56 Å². The first-order valence-electron chi connectivity index (χ1n) is 12.6. The number of amides is 4. The number of carbonyl (C=O) groups excluding carboxylic acids is 4. The largest absolute Gasteiger partial charge is 0.480 e. The van der Waals surface area contributed by atoms with Gasteiger partial charge in [-0.05, 0) is 23.8 Å². The Balaban J connectivity index is 3.03. The predicted molar refractivity (Wildman–Crippen MR) is 139 cm³/mol. The lowest BCUT2D eigenvalue weighted by Crippen LogP contribution is -2.60. The molecule has 11 heteroatoms. The van der Waals surface area contributed by atoms with Gasteiger partial charge >= 0.3 is 5.97 Å². The van der Waals surface area contributed by atoms with Crippen molar-refractivity contribution in [2.75, 3.05) is 0 Å². The zero-order chi connectivity index (χ0) is 28.1. The number of nitrogens with two attached hydrogens (primary N) is 2. The Labute approximate surface area is 218 Å². The molecule has 0 heterocycles. The summed E-state index contributed by atoms with van der Waals surface area (Å²) in [5.41, 5.74) is 11.7. The molecule has 0 bridgehead atoms. The van der Waals surface area contributed by atoms with Crippen molar-refractivity contribution in [3.63, 3.8) is 0 Å². The van der Waals surface area contributed by atoms with E-state index in [4.69, 9.17) is 11.5 Å². The second kappa shape index (κ2) is 15.6. The summed E-state index contributed by atoms with van der Waals surface area (Å²) in [6, 6.07) is 4.67. The maximum absolute atomic E-state index is 13.3. The van der Waals surface area contributed by atoms with E-state index >= 15 is 0 Å². The zero-order valence-electron chi connectivity index (χ0n) is 22.0. The Bertz CT molecular complexity index is 925. The molecule has 4 amide bonds. The van der Waals surface area contributed by atoms with Crippen molar-refractivity contribution in [3.05, 3.63) is 35.9 Å². The van der Waals surface area contributed by atoms with Gasteiger partial charge < -0.3 is 32.5 Å². The minimum Gasteiger partial charge on any atom is -0.480 e. The average Bonchev–Trinajstić information content (AvgIpc) is 2.87. The smallest absolute Gasteiger partial charge is 0.326 e. The van der Waals surface area contributed by atoms with E-state index < -0.39 is 53.8 Å². The first-order chi connectivity index (χ1) is 17.4. The van der Waals surface area contributed by atoms with Gasteiger partial charge in [0, 0.05) is 12.8 Å². The maximum Gasteiger partial charge on any atom is 0.326 e. The van der Waals surface area contributed by atoms with Crippen LogP contribution in [0.4, 0.5) is 0 Å². The van der Waals surface area contributed by atoms with Crippen LogP contribution >= 0.6 is 0 Å². The Morgan fingerprint density at radius 3 is 1.78 bits per heavy atom. The minimum atomic E-state index is -1.19. The van der Waals surface area contributed by atoms with Gasteiger partial charge in [0.1, 0.15) is 18.1 Å². The predicted octanol–water partition coefficient (Wildman–Crippen LogP) is 0.453. The minimum absolute atomic E-state index is 0.0336. The van der Waals surface area contributed by atoms with Crippen molar-refractivity contribution in [2.45, 2.75) is 84.0 Å². The SMILES string of the molecule is CCC(C)C(NC(=O)C(N)CCC(N)=O)C(=O)NC(C(=O)NC(Cc1ccccc1)C(=O)O)C(C)CC. The van der Waals surface area contributed by atoms with Crippen molar-refractivity contribution in [1.29, 1.82) is 0 Å². The van der Waals surface area contributed by atoms with Crippen LogP contribution in [0.3, 0.4) is 0 Å². The lowest BCUT2D eigenvalue weighted by molar-refractivity contribution is -0.142. The summed E-state index contributed by atoms with van der Waals surface area (Å²) in [5.74, 6) is -4.22. The molecule has 8 N–H and O–H groups in total. The Morgan fingerprint density at radius 2 is 1.32 bits per heavy atom. The number of aliphatic carboxylic acids is 1. The second-order valence-electron chi connectivity index (χ2n) is 9.44. The molecule has 0 fully saturated rings. The van der Waals surface area contributed by atoms with Crippen molar-refractivity contribution >= 4 is 29.6 Å². The highest BCUT2D eigenvalue weighted by molar-refractivity contribution is 5.94. The number of nitrogens with one attached hydrogen (secondary N) is 3. The van der Waals surface area contributed by atoms with Crippen molar-refractivity contribution < 1.29 is 29.1 Å². The molecule has 37 heavy (non-hydrogen) atoms. The van der Waals surface area contributed by atoms with E-state index in [9.17, 15) is 29.1 Å². The standard InChI is InChI=1S/C26H41N5O6/c1-5-15(3)21(24(34)29-19(26(36)37)14-17-10-8-7-9-11-17)31-25(35)22(16(4)6-2)30-23(33)18(27)12-13-20(28)32/h7-11,15-16,18-19,21-22H,5-6,12-14,27H2,1-4H3,(H2,28,32)(H,29,34)(H,30,33)(H,31,35)(H,36,37). The lowest BCUT2D eigenvalue weighted by atomic mass is 9.94. The number of benzene rings is 1. The van der Waals surface area contributed by atoms with Crippen LogP contribution in [0.15, 0.2) is 30.3 Å². The van der Waals surface area contributed by atoms with Gasteiger partial charge in [-0.25, -0.2) is 4.79 Å². The third kappa shape index (κ3) is 10.6. The van der Waals surface area contributed by atoms with Crippen LogP contribution in [-0.4, -0.2) is 58.9 Å². The van der Waals surface area contributed by atoms with Crippen LogP contribution in [0.2, 0.25) is 0 Å². The fourth-order valence-corrected chi connectivity index (χ4v) is 3.65. The Hall–Kier alpha value is -3.47. The van der Waals surface area contributed by atoms with E-state index in [1.165, 1.54) is 0 Å². The van der Waals surface area contributed by atoms with Gasteiger partial charge in [-0.1, -0.05) is 70.9 Å². The normalized spacial score (nSPS) is 15.8. The first kappa shape index (κ1) is 31.6. The fraction of sp³-hybridized carbons (Fsp3) is 0.577. The first-order valence-corrected chi connectivity index (χ1v) is 12.6. The summed E-state index contributed by atoms with van der Waals surface area (Å²) in [4.78, 5) is 61.9. The molecular formula is C26H41N5O6. The molecule has 0 saturated carbocycles. The third-order valence-corrected chi connectivity index (χ3v) is 6.52. The van der Waals surface area contributed by atoms with Crippen LogP contribution in [0.5, 0.6) is 0 Å². The number of carboxylic acid groups (broad SMARTS) is 1. The van der Waals surface area contributed by atoms with E-state index in [-0.39, 0.29) is 31.1 Å². The summed E-state index contributed by atoms with van der Waals surface area (Å²) < 4.78 is 0. The number of rotatable bonds is 16. The molecule has 11 nitrogen and oxygen atoms in total. The van der Waals surface area contributed by atoms with Crippen molar-refractivity contribution in [2.24, 2.45) is 23.3 Å². The van der Waals surface area contributed by atoms with E-state index in [1.54, 1.807) is 38.1 Å². The molecule has 0 aliphatic rings. The van der Waals surface area contributed by atoms with Crippen LogP contribution < -0.4 is 27.4 Å². The van der Waals surface area contributed by atoms with E-state index in [1.807, 2.05) is 19.9 Å². The zero-order valence-corrected chi connectivity index (χ0v) is 22.0. The van der Waals surface area contributed by atoms with Gasteiger partial charge in [-0.2, -0.15) is 0 Å². The molecule has 0 spiro atoms. The number of primary amides is 1. The monoisotopic (exact) mass is 519 g/mol. The van der Waals surface area contributed by atoms with Gasteiger partial charge in [0.05, 0.1) is 6.04 Å². The number of carboxylic acids is 1. The van der Waals surface area contributed by atoms with Crippen LogP contribution in [-0.2, 0) is 30.4 Å². The van der Waals surface area contributed by atoms with E-state index in [0.29, 0.717) is 12.8 Å². The molecule has 0 aliphatic heterocycles. The Kier molecular flexibility index (Phi) is 13.3. The van der Waals surface area contributed by atoms with Crippen LogP contribution in [0, 0.1) is 11.8 Å². The topological polar surface area (TPSA) is 194 Å². The summed E-state index contributed by atoms with van der Waals surface area (Å²) in [6.45, 7) is 7.25. The third-order valence-electron chi connectivity index (χ3n) is 6.52. The summed E-state index contributed by atoms with van der Waals surface area (Å²) >= 11 is 0. The Morgan fingerprint density at radius 1 is 0.838 bits per heavy atom. The van der Waals surface area contributed by atoms with Crippen molar-refractivity contribution in [1.82, 2.24) is 16.0 Å². The molecule has 1 rings (SSSR count). The highest BCUT2D eigenvalue weighted by Crippen LogP contribution is 2.13. The molecule has 6 atom stereocenters. The lowest BCUT2D eigenvalue weighted by Gasteiger charge is -2.30. The quantitative estimate of drug-likeness (QED) is 0.182. The molecule has 206 valence electrons. The van der Waals surface area contributed by atoms with Gasteiger partial charge in [0.25, 0.3) is 0 Å². The van der Waals surface area contributed by atoms with Gasteiger partial charge in [-0.15, -0.1) is 0 Å². The molecule has 0 aliphatic carbocycles. The number of hydrogen-bond donors (Lipinski definition) is 6. The maximum atomic E-state index is 13.3. The summed E-state index contributed by atoms with van der Waals surface area (Å²) in [5, 5.41) is 17.6. The highest BCUT2D eigenvalue weighted by atomic mass is 16.4. The molecule has 0 aromatic heterocycles. The molecule has 0 radical (unpaired) electrons. The number of carbonyl (C=O) groups is 5. The summed E-state index contributed by atoms with van der Waals surface area (Å²) in [6.07, 6.45) is 1.13. The highest BCUT2D eigenvalue weighted by Gasteiger charge is 2.34. The second-order valence-corrected chi connectivity index (χ2v) is 9.44. The number of hydrogen-bond acceptors (Lipinski definition) is 6. The van der Waals surface area contributed by atoms with Gasteiger partial charge in [0.15, 0.2) is 0 Å². The fourth-order valence-electron chi connectivity index (χ4n) is 3.65. The van der Waals surface area contributed by atoms with Crippen LogP contribution in [0.1, 0.15) is 58.9 Å². The molecule has 6 unspecified atom stereocenters. The molecule has 0 saturated heterocycles.